The Morgan fingerprint density at radius 1 is 1.25 bits per heavy atom. The first-order chi connectivity index (χ1) is 9.57. The topological polar surface area (TPSA) is 12.0 Å². The number of aryl methyl sites for hydroxylation is 1. The maximum Gasteiger partial charge on any atom is 0.0472 e. The van der Waals surface area contributed by atoms with Gasteiger partial charge in [-0.2, -0.15) is 0 Å². The summed E-state index contributed by atoms with van der Waals surface area (Å²) in [4.78, 5) is 3.01. The summed E-state index contributed by atoms with van der Waals surface area (Å²) < 4.78 is 0. The van der Waals surface area contributed by atoms with E-state index in [0.717, 1.165) is 12.5 Å². The Labute approximate surface area is 129 Å². The van der Waals surface area contributed by atoms with Gasteiger partial charge in [-0.05, 0) is 62.6 Å². The lowest BCUT2D eigenvalue weighted by molar-refractivity contribution is 0.158. The molecule has 114 valence electrons. The lowest BCUT2D eigenvalue weighted by Gasteiger charge is -2.39. The zero-order chi connectivity index (χ0) is 14.6. The van der Waals surface area contributed by atoms with Crippen molar-refractivity contribution >= 4 is 11.3 Å². The third-order valence-corrected chi connectivity index (χ3v) is 5.74. The fourth-order valence-electron chi connectivity index (χ4n) is 4.02. The van der Waals surface area contributed by atoms with Gasteiger partial charge in [0.25, 0.3) is 0 Å². The molecule has 1 nitrogen and oxygen atoms in total. The predicted octanol–water partition coefficient (Wildman–Crippen LogP) is 5.70. The van der Waals surface area contributed by atoms with E-state index in [4.69, 9.17) is 0 Å². The lowest BCUT2D eigenvalue weighted by Crippen LogP contribution is -2.37. The van der Waals surface area contributed by atoms with Crippen molar-refractivity contribution in [1.82, 2.24) is 5.32 Å². The Kier molecular flexibility index (Phi) is 5.68. The summed E-state index contributed by atoms with van der Waals surface area (Å²) in [6, 6.07) is 5.23. The van der Waals surface area contributed by atoms with Gasteiger partial charge < -0.3 is 5.32 Å². The Morgan fingerprint density at radius 2 is 1.95 bits per heavy atom. The summed E-state index contributed by atoms with van der Waals surface area (Å²) in [6.07, 6.45) is 8.24. The highest BCUT2D eigenvalue weighted by atomic mass is 32.1. The quantitative estimate of drug-likeness (QED) is 0.679. The van der Waals surface area contributed by atoms with E-state index < -0.39 is 0 Å². The number of nitrogens with one attached hydrogen (secondary N) is 1. The number of thiophene rings is 1. The number of rotatable bonds is 7. The van der Waals surface area contributed by atoms with E-state index >= 15 is 0 Å². The molecule has 0 aromatic carbocycles. The largest absolute Gasteiger partial charge is 0.309 e. The molecule has 20 heavy (non-hydrogen) atoms. The van der Waals surface area contributed by atoms with Gasteiger partial charge >= 0.3 is 0 Å². The molecule has 2 heteroatoms. The summed E-state index contributed by atoms with van der Waals surface area (Å²) in [5.41, 5.74) is 0.501. The van der Waals surface area contributed by atoms with Crippen molar-refractivity contribution in [2.75, 3.05) is 6.54 Å². The molecular formula is C18H31NS. The van der Waals surface area contributed by atoms with Gasteiger partial charge in [0.1, 0.15) is 0 Å². The first kappa shape index (κ1) is 16.0. The van der Waals surface area contributed by atoms with Crippen molar-refractivity contribution in [3.63, 3.8) is 0 Å². The number of hydrogen-bond donors (Lipinski definition) is 1. The summed E-state index contributed by atoms with van der Waals surface area (Å²) in [5.74, 6) is 0.792. The van der Waals surface area contributed by atoms with Crippen molar-refractivity contribution in [2.24, 2.45) is 11.3 Å². The molecule has 0 spiro atoms. The van der Waals surface area contributed by atoms with E-state index in [0.29, 0.717) is 11.5 Å². The molecule has 1 aromatic rings. The van der Waals surface area contributed by atoms with Crippen molar-refractivity contribution in [3.8, 4) is 0 Å². The van der Waals surface area contributed by atoms with Crippen molar-refractivity contribution in [2.45, 2.75) is 72.3 Å². The minimum atomic E-state index is 0.501. The van der Waals surface area contributed by atoms with Gasteiger partial charge in [0.05, 0.1) is 0 Å². The third kappa shape index (κ3) is 3.65. The molecule has 0 bridgehead atoms. The van der Waals surface area contributed by atoms with Crippen LogP contribution in [-0.4, -0.2) is 6.54 Å². The van der Waals surface area contributed by atoms with Crippen LogP contribution >= 0.6 is 11.3 Å². The molecule has 1 aliphatic carbocycles. The van der Waals surface area contributed by atoms with Gasteiger partial charge in [0.2, 0.25) is 0 Å². The third-order valence-electron chi connectivity index (χ3n) is 4.67. The minimum absolute atomic E-state index is 0.501. The van der Waals surface area contributed by atoms with E-state index in [2.05, 4.69) is 45.1 Å². The summed E-state index contributed by atoms with van der Waals surface area (Å²) >= 11 is 2.00. The van der Waals surface area contributed by atoms with E-state index in [1.165, 1.54) is 43.4 Å². The second kappa shape index (κ2) is 7.09. The Morgan fingerprint density at radius 3 is 2.45 bits per heavy atom. The standard InChI is InChI=1S/C18H31NS/c1-5-12-19-17(16-9-8-15(4)20-16)18(13-14(2)3)10-6-7-11-18/h8-9,14,17,19H,5-7,10-13H2,1-4H3. The molecular weight excluding hydrogens is 262 g/mol. The second-order valence-corrected chi connectivity index (χ2v) is 8.32. The van der Waals surface area contributed by atoms with Gasteiger partial charge in [-0.15, -0.1) is 11.3 Å². The van der Waals surface area contributed by atoms with E-state index in [1.807, 2.05) is 11.3 Å². The molecule has 1 atom stereocenters. The minimum Gasteiger partial charge on any atom is -0.309 e. The SMILES string of the molecule is CCCNC(c1ccc(C)s1)C1(CC(C)C)CCCC1. The Hall–Kier alpha value is -0.340. The highest BCUT2D eigenvalue weighted by Gasteiger charge is 2.42. The molecule has 1 saturated carbocycles. The highest BCUT2D eigenvalue weighted by molar-refractivity contribution is 7.12. The fourth-order valence-corrected chi connectivity index (χ4v) is 5.11. The lowest BCUT2D eigenvalue weighted by atomic mass is 9.72. The van der Waals surface area contributed by atoms with E-state index in [1.54, 1.807) is 4.88 Å². The van der Waals surface area contributed by atoms with Crippen molar-refractivity contribution < 1.29 is 0 Å². The second-order valence-electron chi connectivity index (χ2n) is 7.00. The van der Waals surface area contributed by atoms with Gasteiger partial charge in [-0.3, -0.25) is 0 Å². The molecule has 1 unspecified atom stereocenters. The van der Waals surface area contributed by atoms with E-state index in [-0.39, 0.29) is 0 Å². The van der Waals surface area contributed by atoms with Crippen LogP contribution in [0.15, 0.2) is 12.1 Å². The smallest absolute Gasteiger partial charge is 0.0472 e. The molecule has 0 amide bonds. The van der Waals surface area contributed by atoms with E-state index in [9.17, 15) is 0 Å². The van der Waals surface area contributed by atoms with Gasteiger partial charge in [0.15, 0.2) is 0 Å². The predicted molar refractivity (Wildman–Crippen MR) is 90.4 cm³/mol. The van der Waals surface area contributed by atoms with Crippen LogP contribution in [0.2, 0.25) is 0 Å². The van der Waals surface area contributed by atoms with Crippen LogP contribution in [0.4, 0.5) is 0 Å². The molecule has 1 aromatic heterocycles. The van der Waals surface area contributed by atoms with Crippen LogP contribution in [0, 0.1) is 18.3 Å². The molecule has 1 aliphatic rings. The molecule has 1 heterocycles. The van der Waals surface area contributed by atoms with Crippen LogP contribution in [0.3, 0.4) is 0 Å². The Bertz CT molecular complexity index is 401. The van der Waals surface area contributed by atoms with Crippen LogP contribution in [0.5, 0.6) is 0 Å². The molecule has 0 saturated heterocycles. The summed E-state index contributed by atoms with van der Waals surface area (Å²) in [5, 5.41) is 3.90. The van der Waals surface area contributed by atoms with Crippen molar-refractivity contribution in [1.29, 1.82) is 0 Å². The summed E-state index contributed by atoms with van der Waals surface area (Å²) in [7, 11) is 0. The average molecular weight is 294 g/mol. The monoisotopic (exact) mass is 293 g/mol. The first-order valence-electron chi connectivity index (χ1n) is 8.37. The molecule has 2 rings (SSSR count). The zero-order valence-corrected chi connectivity index (χ0v) is 14.5. The van der Waals surface area contributed by atoms with Crippen LogP contribution < -0.4 is 5.32 Å². The van der Waals surface area contributed by atoms with Crippen LogP contribution in [0.25, 0.3) is 0 Å². The first-order valence-corrected chi connectivity index (χ1v) is 9.19. The van der Waals surface area contributed by atoms with Crippen molar-refractivity contribution in [3.05, 3.63) is 21.9 Å². The maximum absolute atomic E-state index is 3.90. The molecule has 1 fully saturated rings. The normalized spacial score (nSPS) is 19.6. The van der Waals surface area contributed by atoms with Gasteiger partial charge in [-0.1, -0.05) is 33.6 Å². The van der Waals surface area contributed by atoms with Crippen LogP contribution in [-0.2, 0) is 0 Å². The van der Waals surface area contributed by atoms with Gasteiger partial charge in [0, 0.05) is 15.8 Å². The zero-order valence-electron chi connectivity index (χ0n) is 13.7. The van der Waals surface area contributed by atoms with Gasteiger partial charge in [-0.25, -0.2) is 0 Å². The fraction of sp³-hybridized carbons (Fsp3) is 0.778. The average Bonchev–Trinajstić information content (AvgIpc) is 3.00. The molecule has 0 radical (unpaired) electrons. The highest BCUT2D eigenvalue weighted by Crippen LogP contribution is 2.52. The number of hydrogen-bond acceptors (Lipinski definition) is 2. The molecule has 0 aliphatic heterocycles. The summed E-state index contributed by atoms with van der Waals surface area (Å²) in [6.45, 7) is 10.4. The molecule has 1 N–H and O–H groups in total. The maximum atomic E-state index is 3.90. The Balaban J connectivity index is 2.26. The van der Waals surface area contributed by atoms with Crippen LogP contribution in [0.1, 0.15) is 75.1 Å².